The molecule has 0 saturated carbocycles. The Balaban J connectivity index is 2.00. The highest BCUT2D eigenvalue weighted by molar-refractivity contribution is 6.00. The van der Waals surface area contributed by atoms with Crippen LogP contribution in [0.2, 0.25) is 0 Å². The van der Waals surface area contributed by atoms with Gasteiger partial charge in [-0.25, -0.2) is 4.79 Å². The van der Waals surface area contributed by atoms with Gasteiger partial charge in [0, 0.05) is 5.56 Å². The molecule has 2 rings (SSSR count). The van der Waals surface area contributed by atoms with Crippen molar-refractivity contribution in [1.82, 2.24) is 5.32 Å². The molecule has 0 unspecified atom stereocenters. The number of unbranched alkanes of at least 4 members (excludes halogenated alkanes) is 4. The van der Waals surface area contributed by atoms with E-state index in [0.29, 0.717) is 12.0 Å². The second-order valence-electron chi connectivity index (χ2n) is 6.31. The lowest BCUT2D eigenvalue weighted by Gasteiger charge is -2.16. The average Bonchev–Trinajstić information content (AvgIpc) is 2.65. The van der Waals surface area contributed by atoms with Crippen molar-refractivity contribution in [2.45, 2.75) is 51.5 Å². The summed E-state index contributed by atoms with van der Waals surface area (Å²) in [5, 5.41) is 4.91. The first-order valence-corrected chi connectivity index (χ1v) is 9.03. The van der Waals surface area contributed by atoms with Gasteiger partial charge in [0.25, 0.3) is 5.91 Å². The molecule has 0 aromatic heterocycles. The van der Waals surface area contributed by atoms with Gasteiger partial charge in [-0.2, -0.15) is 0 Å². The fraction of sp³-hybridized carbons (Fsp3) is 0.429. The molecule has 1 amide bonds. The van der Waals surface area contributed by atoms with Crippen molar-refractivity contribution in [1.29, 1.82) is 0 Å². The first kappa shape index (κ1) is 19.0. The predicted octanol–water partition coefficient (Wildman–Crippen LogP) is 4.47. The van der Waals surface area contributed by atoms with Crippen LogP contribution in [-0.4, -0.2) is 25.0 Å². The van der Waals surface area contributed by atoms with Crippen LogP contribution in [-0.2, 0) is 9.53 Å². The summed E-state index contributed by atoms with van der Waals surface area (Å²) in [6.45, 7) is 2.17. The Morgan fingerprint density at radius 3 is 2.44 bits per heavy atom. The van der Waals surface area contributed by atoms with Gasteiger partial charge in [0.15, 0.2) is 0 Å². The third-order valence-electron chi connectivity index (χ3n) is 4.40. The van der Waals surface area contributed by atoms with Gasteiger partial charge in [-0.3, -0.25) is 4.79 Å². The fourth-order valence-electron chi connectivity index (χ4n) is 2.92. The maximum atomic E-state index is 12.5. The SMILES string of the molecule is CCCCCCC[C@@H](NC(=O)c1ccc2ccccc2c1)C(=O)OC. The van der Waals surface area contributed by atoms with Crippen molar-refractivity contribution >= 4 is 22.6 Å². The summed E-state index contributed by atoms with van der Waals surface area (Å²) in [6, 6.07) is 12.8. The quantitative estimate of drug-likeness (QED) is 0.541. The number of carbonyl (C=O) groups is 2. The minimum Gasteiger partial charge on any atom is -0.467 e. The number of nitrogens with one attached hydrogen (secondary N) is 1. The molecule has 0 aliphatic rings. The fourth-order valence-corrected chi connectivity index (χ4v) is 2.92. The second kappa shape index (κ2) is 9.82. The minimum atomic E-state index is -0.592. The molecule has 0 bridgehead atoms. The summed E-state index contributed by atoms with van der Waals surface area (Å²) in [5.41, 5.74) is 0.554. The Kier molecular flexibility index (Phi) is 7.45. The van der Waals surface area contributed by atoms with Crippen LogP contribution in [0.3, 0.4) is 0 Å². The Labute approximate surface area is 149 Å². The molecule has 0 saturated heterocycles. The van der Waals surface area contributed by atoms with Crippen LogP contribution in [0.4, 0.5) is 0 Å². The molecule has 0 aliphatic carbocycles. The minimum absolute atomic E-state index is 0.241. The number of ether oxygens (including phenoxy) is 1. The van der Waals surface area contributed by atoms with Gasteiger partial charge in [-0.1, -0.05) is 69.4 Å². The van der Waals surface area contributed by atoms with E-state index in [2.05, 4.69) is 12.2 Å². The largest absolute Gasteiger partial charge is 0.467 e. The van der Waals surface area contributed by atoms with E-state index >= 15 is 0 Å². The van der Waals surface area contributed by atoms with E-state index in [1.165, 1.54) is 20.0 Å². The lowest BCUT2D eigenvalue weighted by Crippen LogP contribution is -2.41. The number of amides is 1. The molecule has 4 heteroatoms. The van der Waals surface area contributed by atoms with Crippen molar-refractivity contribution < 1.29 is 14.3 Å². The highest BCUT2D eigenvalue weighted by Crippen LogP contribution is 2.16. The van der Waals surface area contributed by atoms with Crippen LogP contribution in [0, 0.1) is 0 Å². The molecule has 0 radical (unpaired) electrons. The number of esters is 1. The third-order valence-corrected chi connectivity index (χ3v) is 4.40. The summed E-state index contributed by atoms with van der Waals surface area (Å²) >= 11 is 0. The van der Waals surface area contributed by atoms with Gasteiger partial charge in [-0.15, -0.1) is 0 Å². The van der Waals surface area contributed by atoms with Gasteiger partial charge in [0.2, 0.25) is 0 Å². The van der Waals surface area contributed by atoms with Crippen molar-refractivity contribution in [3.05, 3.63) is 48.0 Å². The van der Waals surface area contributed by atoms with Gasteiger partial charge in [0.1, 0.15) is 6.04 Å². The summed E-state index contributed by atoms with van der Waals surface area (Å²) in [4.78, 5) is 24.5. The number of fused-ring (bicyclic) bond motifs is 1. The molecule has 0 fully saturated rings. The van der Waals surface area contributed by atoms with Crippen LogP contribution in [0.5, 0.6) is 0 Å². The van der Waals surface area contributed by atoms with Gasteiger partial charge < -0.3 is 10.1 Å². The summed E-state index contributed by atoms with van der Waals surface area (Å²) in [6.07, 6.45) is 6.11. The van der Waals surface area contributed by atoms with Crippen molar-refractivity contribution in [3.8, 4) is 0 Å². The third kappa shape index (κ3) is 5.59. The van der Waals surface area contributed by atoms with E-state index in [0.717, 1.165) is 30.0 Å². The van der Waals surface area contributed by atoms with Crippen molar-refractivity contribution in [2.24, 2.45) is 0 Å². The molecular weight excluding hydrogens is 314 g/mol. The summed E-state index contributed by atoms with van der Waals surface area (Å²) < 4.78 is 4.84. The molecule has 0 spiro atoms. The lowest BCUT2D eigenvalue weighted by molar-refractivity contribution is -0.143. The van der Waals surface area contributed by atoms with Gasteiger partial charge >= 0.3 is 5.97 Å². The molecule has 0 aliphatic heterocycles. The van der Waals surface area contributed by atoms with E-state index in [9.17, 15) is 9.59 Å². The Morgan fingerprint density at radius 1 is 1.00 bits per heavy atom. The lowest BCUT2D eigenvalue weighted by atomic mass is 10.0. The Morgan fingerprint density at radius 2 is 1.72 bits per heavy atom. The van der Waals surface area contributed by atoms with Crippen LogP contribution < -0.4 is 5.32 Å². The first-order valence-electron chi connectivity index (χ1n) is 9.03. The van der Waals surface area contributed by atoms with Crippen LogP contribution in [0.15, 0.2) is 42.5 Å². The molecule has 2 aromatic rings. The number of rotatable bonds is 9. The van der Waals surface area contributed by atoms with Gasteiger partial charge in [-0.05, 0) is 29.3 Å². The van der Waals surface area contributed by atoms with E-state index in [1.54, 1.807) is 6.07 Å². The maximum absolute atomic E-state index is 12.5. The second-order valence-corrected chi connectivity index (χ2v) is 6.31. The molecule has 1 N–H and O–H groups in total. The van der Waals surface area contributed by atoms with E-state index < -0.39 is 6.04 Å². The molecule has 0 heterocycles. The number of benzene rings is 2. The molecule has 4 nitrogen and oxygen atoms in total. The van der Waals surface area contributed by atoms with E-state index in [1.807, 2.05) is 36.4 Å². The molecule has 134 valence electrons. The molecule has 25 heavy (non-hydrogen) atoms. The highest BCUT2D eigenvalue weighted by Gasteiger charge is 2.21. The van der Waals surface area contributed by atoms with Crippen LogP contribution in [0.1, 0.15) is 55.8 Å². The van der Waals surface area contributed by atoms with Crippen molar-refractivity contribution in [3.63, 3.8) is 0 Å². The Hall–Kier alpha value is -2.36. The van der Waals surface area contributed by atoms with Crippen LogP contribution >= 0.6 is 0 Å². The first-order chi connectivity index (χ1) is 12.2. The standard InChI is InChI=1S/C21H27NO3/c1-3-4-5-6-7-12-19(21(24)25-2)22-20(23)18-14-13-16-10-8-9-11-17(16)15-18/h8-11,13-15,19H,3-7,12H2,1-2H3,(H,22,23)/t19-/m1/s1. The number of carbonyl (C=O) groups excluding carboxylic acids is 2. The highest BCUT2D eigenvalue weighted by atomic mass is 16.5. The smallest absolute Gasteiger partial charge is 0.328 e. The Bertz CT molecular complexity index is 711. The zero-order valence-corrected chi connectivity index (χ0v) is 15.1. The number of hydrogen-bond acceptors (Lipinski definition) is 3. The maximum Gasteiger partial charge on any atom is 0.328 e. The van der Waals surface area contributed by atoms with Crippen molar-refractivity contribution in [2.75, 3.05) is 7.11 Å². The zero-order chi connectivity index (χ0) is 18.1. The monoisotopic (exact) mass is 341 g/mol. The average molecular weight is 341 g/mol. The normalized spacial score (nSPS) is 11.9. The predicted molar refractivity (Wildman–Crippen MR) is 101 cm³/mol. The van der Waals surface area contributed by atoms with E-state index in [4.69, 9.17) is 4.74 Å². The molecular formula is C21H27NO3. The summed E-state index contributed by atoms with van der Waals surface area (Å²) in [5.74, 6) is -0.626. The number of methoxy groups -OCH3 is 1. The molecule has 1 atom stereocenters. The topological polar surface area (TPSA) is 55.4 Å². The summed E-state index contributed by atoms with van der Waals surface area (Å²) in [7, 11) is 1.36. The van der Waals surface area contributed by atoms with Crippen LogP contribution in [0.25, 0.3) is 10.8 Å². The number of hydrogen-bond donors (Lipinski definition) is 1. The van der Waals surface area contributed by atoms with Gasteiger partial charge in [0.05, 0.1) is 7.11 Å². The molecule has 2 aromatic carbocycles. The zero-order valence-electron chi connectivity index (χ0n) is 15.1. The van der Waals surface area contributed by atoms with E-state index in [-0.39, 0.29) is 11.9 Å².